The molecule has 1 aromatic carbocycles. The number of benzene rings is 1. The average molecular weight is 206 g/mol. The summed E-state index contributed by atoms with van der Waals surface area (Å²) in [4.78, 5) is 10.3. The summed E-state index contributed by atoms with van der Waals surface area (Å²) in [6.07, 6.45) is 1.89. The molecule has 0 amide bonds. The van der Waals surface area contributed by atoms with Crippen LogP contribution in [-0.2, 0) is 0 Å². The molecule has 0 unspecified atom stereocenters. The third kappa shape index (κ3) is 1.85. The quantitative estimate of drug-likeness (QED) is 0.595. The summed E-state index contributed by atoms with van der Waals surface area (Å²) >= 11 is 0. The van der Waals surface area contributed by atoms with E-state index in [1.54, 1.807) is 12.1 Å². The number of nitro benzene ring substituents is 1. The molecule has 1 aliphatic carbocycles. The normalized spacial score (nSPS) is 24.7. The maximum absolute atomic E-state index is 10.6. The van der Waals surface area contributed by atoms with E-state index in [2.05, 4.69) is 0 Å². The third-order valence-electron chi connectivity index (χ3n) is 3.09. The molecule has 1 aliphatic rings. The van der Waals surface area contributed by atoms with Crippen molar-refractivity contribution in [2.75, 3.05) is 0 Å². The van der Waals surface area contributed by atoms with Crippen LogP contribution in [0.2, 0.25) is 0 Å². The monoisotopic (exact) mass is 206 g/mol. The Morgan fingerprint density at radius 3 is 2.67 bits per heavy atom. The lowest BCUT2D eigenvalue weighted by Crippen LogP contribution is -2.35. The maximum atomic E-state index is 10.6. The highest BCUT2D eigenvalue weighted by molar-refractivity contribution is 5.42. The average Bonchev–Trinajstić information content (AvgIpc) is 2.14. The summed E-state index contributed by atoms with van der Waals surface area (Å²) < 4.78 is 0. The predicted octanol–water partition coefficient (Wildman–Crippen LogP) is 2.11. The van der Waals surface area contributed by atoms with Crippen LogP contribution in [0, 0.1) is 17.0 Å². The standard InChI is InChI=1S/C11H14N2O2/c1-7-2-3-10(13(14)15)6-11(7)8-4-9(12)5-8/h2-3,6,8-9H,4-5,12H2,1H3. The second-order valence-electron chi connectivity index (χ2n) is 4.23. The largest absolute Gasteiger partial charge is 0.328 e. The van der Waals surface area contributed by atoms with Gasteiger partial charge in [0.25, 0.3) is 5.69 Å². The van der Waals surface area contributed by atoms with E-state index in [4.69, 9.17) is 5.73 Å². The van der Waals surface area contributed by atoms with Gasteiger partial charge in [-0.05, 0) is 36.8 Å². The number of hydrogen-bond acceptors (Lipinski definition) is 3. The van der Waals surface area contributed by atoms with E-state index in [1.165, 1.54) is 0 Å². The van der Waals surface area contributed by atoms with Gasteiger partial charge in [0.15, 0.2) is 0 Å². The topological polar surface area (TPSA) is 69.2 Å². The Kier molecular flexibility index (Phi) is 2.44. The van der Waals surface area contributed by atoms with Gasteiger partial charge in [-0.3, -0.25) is 10.1 Å². The van der Waals surface area contributed by atoms with Crippen molar-refractivity contribution < 1.29 is 4.92 Å². The zero-order valence-electron chi connectivity index (χ0n) is 8.64. The van der Waals surface area contributed by atoms with Crippen molar-refractivity contribution in [3.63, 3.8) is 0 Å². The van der Waals surface area contributed by atoms with Gasteiger partial charge in [-0.2, -0.15) is 0 Å². The fraction of sp³-hybridized carbons (Fsp3) is 0.455. The fourth-order valence-electron chi connectivity index (χ4n) is 2.10. The van der Waals surface area contributed by atoms with Gasteiger partial charge in [0.05, 0.1) is 4.92 Å². The maximum Gasteiger partial charge on any atom is 0.269 e. The predicted molar refractivity (Wildman–Crippen MR) is 57.8 cm³/mol. The van der Waals surface area contributed by atoms with Gasteiger partial charge in [-0.25, -0.2) is 0 Å². The molecule has 2 N–H and O–H groups in total. The number of nitrogens with two attached hydrogens (primary N) is 1. The van der Waals surface area contributed by atoms with Crippen molar-refractivity contribution in [3.8, 4) is 0 Å². The molecule has 1 fully saturated rings. The van der Waals surface area contributed by atoms with Crippen LogP contribution in [0.15, 0.2) is 18.2 Å². The molecular weight excluding hydrogens is 192 g/mol. The van der Waals surface area contributed by atoms with Gasteiger partial charge in [-0.15, -0.1) is 0 Å². The van der Waals surface area contributed by atoms with Gasteiger partial charge >= 0.3 is 0 Å². The second-order valence-corrected chi connectivity index (χ2v) is 4.23. The zero-order chi connectivity index (χ0) is 11.0. The molecule has 4 nitrogen and oxygen atoms in total. The van der Waals surface area contributed by atoms with Gasteiger partial charge in [0.2, 0.25) is 0 Å². The minimum absolute atomic E-state index is 0.177. The van der Waals surface area contributed by atoms with Crippen LogP contribution >= 0.6 is 0 Å². The molecule has 0 heterocycles. The molecule has 80 valence electrons. The summed E-state index contributed by atoms with van der Waals surface area (Å²) in [5.74, 6) is 0.417. The first kappa shape index (κ1) is 10.1. The number of aryl methyl sites for hydroxylation is 1. The van der Waals surface area contributed by atoms with Gasteiger partial charge in [0, 0.05) is 18.2 Å². The smallest absolute Gasteiger partial charge is 0.269 e. The van der Waals surface area contributed by atoms with Crippen molar-refractivity contribution >= 4 is 5.69 Å². The van der Waals surface area contributed by atoms with Crippen molar-refractivity contribution in [2.45, 2.75) is 31.7 Å². The first-order valence-corrected chi connectivity index (χ1v) is 5.08. The lowest BCUT2D eigenvalue weighted by Gasteiger charge is -2.33. The van der Waals surface area contributed by atoms with E-state index in [-0.39, 0.29) is 16.7 Å². The Hall–Kier alpha value is -1.42. The van der Waals surface area contributed by atoms with Crippen LogP contribution in [0.4, 0.5) is 5.69 Å². The molecule has 0 aliphatic heterocycles. The van der Waals surface area contributed by atoms with Gasteiger partial charge in [-0.1, -0.05) is 6.07 Å². The zero-order valence-corrected chi connectivity index (χ0v) is 8.64. The van der Waals surface area contributed by atoms with E-state index < -0.39 is 0 Å². The molecule has 0 bridgehead atoms. The van der Waals surface area contributed by atoms with Crippen LogP contribution in [0.1, 0.15) is 29.9 Å². The molecule has 0 aromatic heterocycles. The number of nitro groups is 1. The number of nitrogens with zero attached hydrogens (tertiary/aromatic N) is 1. The van der Waals surface area contributed by atoms with E-state index in [0.717, 1.165) is 24.0 Å². The van der Waals surface area contributed by atoms with Crippen LogP contribution in [0.3, 0.4) is 0 Å². The van der Waals surface area contributed by atoms with Crippen molar-refractivity contribution in [1.82, 2.24) is 0 Å². The molecule has 1 saturated carbocycles. The minimum atomic E-state index is -0.346. The first-order valence-electron chi connectivity index (χ1n) is 5.08. The Morgan fingerprint density at radius 2 is 2.13 bits per heavy atom. The molecule has 2 rings (SSSR count). The lowest BCUT2D eigenvalue weighted by atomic mass is 9.75. The van der Waals surface area contributed by atoms with E-state index in [1.807, 2.05) is 13.0 Å². The fourth-order valence-corrected chi connectivity index (χ4v) is 2.10. The van der Waals surface area contributed by atoms with Crippen LogP contribution < -0.4 is 5.73 Å². The number of hydrogen-bond donors (Lipinski definition) is 1. The molecule has 0 radical (unpaired) electrons. The summed E-state index contributed by atoms with van der Waals surface area (Å²) in [7, 11) is 0. The lowest BCUT2D eigenvalue weighted by molar-refractivity contribution is -0.385. The Balaban J connectivity index is 2.29. The highest BCUT2D eigenvalue weighted by atomic mass is 16.6. The van der Waals surface area contributed by atoms with E-state index >= 15 is 0 Å². The summed E-state index contributed by atoms with van der Waals surface area (Å²) in [5, 5.41) is 10.6. The highest BCUT2D eigenvalue weighted by Crippen LogP contribution is 2.38. The second kappa shape index (κ2) is 3.62. The minimum Gasteiger partial charge on any atom is -0.328 e. The number of non-ortho nitro benzene ring substituents is 1. The molecule has 0 saturated heterocycles. The van der Waals surface area contributed by atoms with Gasteiger partial charge < -0.3 is 5.73 Å². The van der Waals surface area contributed by atoms with Crippen LogP contribution in [0.5, 0.6) is 0 Å². The molecule has 1 aromatic rings. The van der Waals surface area contributed by atoms with Crippen LogP contribution in [0.25, 0.3) is 0 Å². The summed E-state index contributed by atoms with van der Waals surface area (Å²) in [6, 6.07) is 5.33. The molecular formula is C11H14N2O2. The highest BCUT2D eigenvalue weighted by Gasteiger charge is 2.29. The SMILES string of the molecule is Cc1ccc([N+](=O)[O-])cc1C1CC(N)C1. The molecule has 0 atom stereocenters. The van der Waals surface area contributed by atoms with Crippen molar-refractivity contribution in [1.29, 1.82) is 0 Å². The number of rotatable bonds is 2. The Bertz CT molecular complexity index is 398. The van der Waals surface area contributed by atoms with E-state index in [0.29, 0.717) is 5.92 Å². The first-order chi connectivity index (χ1) is 7.08. The van der Waals surface area contributed by atoms with E-state index in [9.17, 15) is 10.1 Å². The van der Waals surface area contributed by atoms with Crippen LogP contribution in [-0.4, -0.2) is 11.0 Å². The molecule has 4 heteroatoms. The van der Waals surface area contributed by atoms with Gasteiger partial charge in [0.1, 0.15) is 0 Å². The third-order valence-corrected chi connectivity index (χ3v) is 3.09. The summed E-state index contributed by atoms with van der Waals surface area (Å²) in [6.45, 7) is 1.99. The Labute approximate surface area is 88.2 Å². The summed E-state index contributed by atoms with van der Waals surface area (Å²) in [5.41, 5.74) is 8.11. The molecule has 0 spiro atoms. The Morgan fingerprint density at radius 1 is 1.47 bits per heavy atom. The van der Waals surface area contributed by atoms with Crippen molar-refractivity contribution in [2.24, 2.45) is 5.73 Å². The van der Waals surface area contributed by atoms with Crippen molar-refractivity contribution in [3.05, 3.63) is 39.4 Å². The molecule has 15 heavy (non-hydrogen) atoms.